The SMILES string of the molecule is NS(=O)(=O)c1nn2c(-c3ccc(Oc4cccc(Br)c4)cc3)cnc2s1. The van der Waals surface area contributed by atoms with Crippen molar-refractivity contribution in [1.82, 2.24) is 14.6 Å². The highest BCUT2D eigenvalue weighted by atomic mass is 79.9. The summed E-state index contributed by atoms with van der Waals surface area (Å²) in [6.07, 6.45) is 1.63. The molecule has 0 atom stereocenters. The number of primary sulfonamides is 1. The molecular weight excluding hydrogens is 440 g/mol. The maximum Gasteiger partial charge on any atom is 0.267 e. The lowest BCUT2D eigenvalue weighted by Gasteiger charge is -2.07. The highest BCUT2D eigenvalue weighted by Crippen LogP contribution is 2.29. The van der Waals surface area contributed by atoms with Gasteiger partial charge in [-0.25, -0.2) is 23.1 Å². The Morgan fingerprint density at radius 3 is 2.58 bits per heavy atom. The highest BCUT2D eigenvalue weighted by Gasteiger charge is 2.18. The Kier molecular flexibility index (Phi) is 4.27. The summed E-state index contributed by atoms with van der Waals surface area (Å²) in [4.78, 5) is 4.65. The smallest absolute Gasteiger partial charge is 0.267 e. The average molecular weight is 451 g/mol. The molecule has 2 aromatic carbocycles. The van der Waals surface area contributed by atoms with Crippen molar-refractivity contribution in [2.45, 2.75) is 4.34 Å². The van der Waals surface area contributed by atoms with Gasteiger partial charge in [0.05, 0.1) is 11.9 Å². The topological polar surface area (TPSA) is 99.6 Å². The maximum atomic E-state index is 11.5. The number of nitrogens with zero attached hydrogens (tertiary/aromatic N) is 3. The van der Waals surface area contributed by atoms with E-state index in [1.807, 2.05) is 48.5 Å². The first-order valence-corrected chi connectivity index (χ1v) is 10.5. The molecule has 10 heteroatoms. The van der Waals surface area contributed by atoms with Crippen molar-refractivity contribution < 1.29 is 13.2 Å². The minimum Gasteiger partial charge on any atom is -0.457 e. The number of hydrogen-bond acceptors (Lipinski definition) is 6. The van der Waals surface area contributed by atoms with Gasteiger partial charge < -0.3 is 4.74 Å². The second-order valence-corrected chi connectivity index (χ2v) is 8.94. The molecule has 0 spiro atoms. The minimum absolute atomic E-state index is 0.170. The molecule has 2 aromatic heterocycles. The molecule has 0 fully saturated rings. The van der Waals surface area contributed by atoms with Crippen molar-refractivity contribution >= 4 is 42.3 Å². The van der Waals surface area contributed by atoms with Gasteiger partial charge in [0, 0.05) is 10.0 Å². The van der Waals surface area contributed by atoms with Gasteiger partial charge in [-0.05, 0) is 42.5 Å². The van der Waals surface area contributed by atoms with Crippen LogP contribution in [0.1, 0.15) is 0 Å². The van der Waals surface area contributed by atoms with Gasteiger partial charge in [0.1, 0.15) is 11.5 Å². The summed E-state index contributed by atoms with van der Waals surface area (Å²) in [7, 11) is -3.86. The minimum atomic E-state index is -3.86. The fraction of sp³-hybridized carbons (Fsp3) is 0. The second-order valence-electron chi connectivity index (χ2n) is 5.33. The van der Waals surface area contributed by atoms with Gasteiger partial charge in [0.25, 0.3) is 10.0 Å². The predicted octanol–water partition coefficient (Wildman–Crippen LogP) is 3.66. The largest absolute Gasteiger partial charge is 0.457 e. The second kappa shape index (κ2) is 6.47. The quantitative estimate of drug-likeness (QED) is 0.511. The van der Waals surface area contributed by atoms with Gasteiger partial charge in [-0.1, -0.05) is 33.3 Å². The van der Waals surface area contributed by atoms with E-state index < -0.39 is 10.0 Å². The fourth-order valence-electron chi connectivity index (χ4n) is 2.35. The van der Waals surface area contributed by atoms with Crippen LogP contribution < -0.4 is 9.88 Å². The monoisotopic (exact) mass is 450 g/mol. The number of halogens is 1. The van der Waals surface area contributed by atoms with Gasteiger partial charge in [-0.2, -0.15) is 0 Å². The van der Waals surface area contributed by atoms with Crippen molar-refractivity contribution in [1.29, 1.82) is 0 Å². The predicted molar refractivity (Wildman–Crippen MR) is 102 cm³/mol. The van der Waals surface area contributed by atoms with Crippen molar-refractivity contribution in [3.8, 4) is 22.8 Å². The van der Waals surface area contributed by atoms with E-state index in [0.717, 1.165) is 27.1 Å². The number of ether oxygens (including phenoxy) is 1. The maximum absolute atomic E-state index is 11.5. The van der Waals surface area contributed by atoms with Crippen LogP contribution in [0.25, 0.3) is 16.2 Å². The molecule has 0 unspecified atom stereocenters. The number of hydrogen-bond donors (Lipinski definition) is 1. The Morgan fingerprint density at radius 2 is 1.88 bits per heavy atom. The number of imidazole rings is 1. The summed E-state index contributed by atoms with van der Waals surface area (Å²) >= 11 is 4.33. The molecule has 0 bridgehead atoms. The Morgan fingerprint density at radius 1 is 1.12 bits per heavy atom. The molecular formula is C16H11BrN4O3S2. The van der Waals surface area contributed by atoms with E-state index in [0.29, 0.717) is 16.4 Å². The van der Waals surface area contributed by atoms with Crippen LogP contribution in [-0.4, -0.2) is 23.0 Å². The van der Waals surface area contributed by atoms with Gasteiger partial charge >= 0.3 is 0 Å². The van der Waals surface area contributed by atoms with Crippen LogP contribution in [0.3, 0.4) is 0 Å². The van der Waals surface area contributed by atoms with E-state index in [1.165, 1.54) is 4.52 Å². The molecule has 7 nitrogen and oxygen atoms in total. The average Bonchev–Trinajstić information content (AvgIpc) is 3.16. The normalized spacial score (nSPS) is 11.8. The Bertz CT molecular complexity index is 1200. The lowest BCUT2D eigenvalue weighted by Crippen LogP contribution is -2.12. The zero-order valence-electron chi connectivity index (χ0n) is 13.0. The van der Waals surface area contributed by atoms with Crippen molar-refractivity contribution in [2.24, 2.45) is 5.14 Å². The molecule has 0 aliphatic heterocycles. The number of rotatable bonds is 4. The Balaban J connectivity index is 1.64. The number of aromatic nitrogens is 3. The molecule has 0 radical (unpaired) electrons. The van der Waals surface area contributed by atoms with Gasteiger partial charge in [-0.3, -0.25) is 0 Å². The lowest BCUT2D eigenvalue weighted by atomic mass is 10.1. The van der Waals surface area contributed by atoms with E-state index in [9.17, 15) is 8.42 Å². The molecule has 132 valence electrons. The third kappa shape index (κ3) is 3.36. The van der Waals surface area contributed by atoms with E-state index in [1.54, 1.807) is 6.20 Å². The van der Waals surface area contributed by atoms with Crippen molar-refractivity contribution in [3.05, 3.63) is 59.2 Å². The summed E-state index contributed by atoms with van der Waals surface area (Å²) in [6.45, 7) is 0. The zero-order chi connectivity index (χ0) is 18.3. The summed E-state index contributed by atoms with van der Waals surface area (Å²) in [5, 5.41) is 9.17. The summed E-state index contributed by atoms with van der Waals surface area (Å²) < 4.78 is 30.9. The van der Waals surface area contributed by atoms with E-state index >= 15 is 0 Å². The third-order valence-corrected chi connectivity index (χ3v) is 6.22. The molecule has 0 aliphatic carbocycles. The molecule has 0 aliphatic rings. The molecule has 26 heavy (non-hydrogen) atoms. The number of benzene rings is 2. The van der Waals surface area contributed by atoms with Crippen LogP contribution in [-0.2, 0) is 10.0 Å². The number of nitrogens with two attached hydrogens (primary N) is 1. The van der Waals surface area contributed by atoms with Crippen molar-refractivity contribution in [2.75, 3.05) is 0 Å². The summed E-state index contributed by atoms with van der Waals surface area (Å²) in [6, 6.07) is 14.9. The summed E-state index contributed by atoms with van der Waals surface area (Å²) in [5.74, 6) is 1.40. The summed E-state index contributed by atoms with van der Waals surface area (Å²) in [5.41, 5.74) is 1.49. The van der Waals surface area contributed by atoms with Crippen LogP contribution in [0.15, 0.2) is 63.5 Å². The number of sulfonamides is 1. The molecule has 2 N–H and O–H groups in total. The Labute approximate surface area is 161 Å². The molecule has 0 amide bonds. The lowest BCUT2D eigenvalue weighted by molar-refractivity contribution is 0.482. The first-order valence-electron chi connectivity index (χ1n) is 7.31. The van der Waals surface area contributed by atoms with E-state index in [-0.39, 0.29) is 4.34 Å². The fourth-order valence-corrected chi connectivity index (χ4v) is 4.22. The first-order chi connectivity index (χ1) is 12.4. The number of fused-ring (bicyclic) bond motifs is 1. The van der Waals surface area contributed by atoms with Crippen LogP contribution in [0.2, 0.25) is 0 Å². The van der Waals surface area contributed by atoms with E-state index in [2.05, 4.69) is 26.0 Å². The standard InChI is InChI=1S/C16H11BrN4O3S2/c17-11-2-1-3-13(8-11)24-12-6-4-10(5-7-12)14-9-19-15-21(14)20-16(25-15)26(18,22)23/h1-9H,(H2,18,22,23). The molecule has 0 saturated carbocycles. The van der Waals surface area contributed by atoms with Crippen LogP contribution in [0.4, 0.5) is 0 Å². The van der Waals surface area contributed by atoms with Crippen LogP contribution >= 0.6 is 27.3 Å². The first kappa shape index (κ1) is 17.2. The molecule has 4 aromatic rings. The highest BCUT2D eigenvalue weighted by molar-refractivity contribution is 9.10. The van der Waals surface area contributed by atoms with Crippen LogP contribution in [0.5, 0.6) is 11.5 Å². The van der Waals surface area contributed by atoms with E-state index in [4.69, 9.17) is 9.88 Å². The van der Waals surface area contributed by atoms with Crippen molar-refractivity contribution in [3.63, 3.8) is 0 Å². The molecule has 0 saturated heterocycles. The zero-order valence-corrected chi connectivity index (χ0v) is 16.3. The van der Waals surface area contributed by atoms with Gasteiger partial charge in [0.2, 0.25) is 9.30 Å². The van der Waals surface area contributed by atoms with Gasteiger partial charge in [-0.15, -0.1) is 5.10 Å². The molecule has 2 heterocycles. The van der Waals surface area contributed by atoms with Crippen LogP contribution in [0, 0.1) is 0 Å². The Hall–Kier alpha value is -2.27. The third-order valence-electron chi connectivity index (χ3n) is 3.49. The van der Waals surface area contributed by atoms with Gasteiger partial charge in [0.15, 0.2) is 0 Å². The molecule has 4 rings (SSSR count).